The van der Waals surface area contributed by atoms with Gasteiger partial charge in [0.1, 0.15) is 5.75 Å². The molecule has 0 fully saturated rings. The minimum Gasteiger partial charge on any atom is -0.508 e. The fourth-order valence-corrected chi connectivity index (χ4v) is 2.09. The standard InChI is InChI=1S/C16H23NO4/c1-11(16(20)21)6-5-7-12(2)17-15(19)10-13-8-3-4-9-14(13)18/h3-4,8-9,11-12,18H,5-7,10H2,1-2H3,(H,17,19)(H,20,21). The first kappa shape index (κ1) is 17.0. The number of rotatable bonds is 8. The van der Waals surface area contributed by atoms with E-state index in [0.29, 0.717) is 12.0 Å². The Hall–Kier alpha value is -2.04. The van der Waals surface area contributed by atoms with Crippen LogP contribution < -0.4 is 5.32 Å². The smallest absolute Gasteiger partial charge is 0.306 e. The lowest BCUT2D eigenvalue weighted by Crippen LogP contribution is -2.33. The maximum Gasteiger partial charge on any atom is 0.306 e. The summed E-state index contributed by atoms with van der Waals surface area (Å²) in [6.45, 7) is 3.58. The summed E-state index contributed by atoms with van der Waals surface area (Å²) in [6.07, 6.45) is 2.24. The van der Waals surface area contributed by atoms with Gasteiger partial charge in [0, 0.05) is 11.6 Å². The Morgan fingerprint density at radius 1 is 1.19 bits per heavy atom. The summed E-state index contributed by atoms with van der Waals surface area (Å²) in [5.74, 6) is -1.16. The first-order valence-corrected chi connectivity index (χ1v) is 7.19. The number of aromatic hydroxyl groups is 1. The lowest BCUT2D eigenvalue weighted by molar-refractivity contribution is -0.141. The molecule has 3 N–H and O–H groups in total. The molecule has 2 atom stereocenters. The van der Waals surface area contributed by atoms with Crippen molar-refractivity contribution in [1.82, 2.24) is 5.32 Å². The van der Waals surface area contributed by atoms with Crippen molar-refractivity contribution in [3.63, 3.8) is 0 Å². The molecular formula is C16H23NO4. The largest absolute Gasteiger partial charge is 0.508 e. The summed E-state index contributed by atoms with van der Waals surface area (Å²) < 4.78 is 0. The van der Waals surface area contributed by atoms with E-state index in [4.69, 9.17) is 5.11 Å². The van der Waals surface area contributed by atoms with Gasteiger partial charge in [-0.15, -0.1) is 0 Å². The van der Waals surface area contributed by atoms with Crippen molar-refractivity contribution < 1.29 is 19.8 Å². The lowest BCUT2D eigenvalue weighted by atomic mass is 10.0. The summed E-state index contributed by atoms with van der Waals surface area (Å²) in [5, 5.41) is 21.3. The highest BCUT2D eigenvalue weighted by molar-refractivity contribution is 5.79. The van der Waals surface area contributed by atoms with Crippen molar-refractivity contribution in [1.29, 1.82) is 0 Å². The predicted molar refractivity (Wildman–Crippen MR) is 80.1 cm³/mol. The van der Waals surface area contributed by atoms with Gasteiger partial charge in [-0.2, -0.15) is 0 Å². The minimum absolute atomic E-state index is 0.00986. The van der Waals surface area contributed by atoms with Crippen LogP contribution in [-0.4, -0.2) is 28.1 Å². The van der Waals surface area contributed by atoms with Crippen molar-refractivity contribution in [2.24, 2.45) is 5.92 Å². The third-order valence-corrected chi connectivity index (χ3v) is 3.45. The molecule has 2 unspecified atom stereocenters. The number of amides is 1. The van der Waals surface area contributed by atoms with Gasteiger partial charge >= 0.3 is 5.97 Å². The zero-order valence-corrected chi connectivity index (χ0v) is 12.5. The average molecular weight is 293 g/mol. The van der Waals surface area contributed by atoms with Gasteiger partial charge in [0.25, 0.3) is 0 Å². The molecule has 0 aliphatic heterocycles. The van der Waals surface area contributed by atoms with Gasteiger partial charge in [0.05, 0.1) is 12.3 Å². The highest BCUT2D eigenvalue weighted by atomic mass is 16.4. The molecule has 5 heteroatoms. The highest BCUT2D eigenvalue weighted by Gasteiger charge is 2.13. The zero-order chi connectivity index (χ0) is 15.8. The van der Waals surface area contributed by atoms with E-state index in [1.165, 1.54) is 0 Å². The Balaban J connectivity index is 2.31. The Kier molecular flexibility index (Phi) is 6.72. The molecule has 0 spiro atoms. The molecule has 0 aliphatic carbocycles. The van der Waals surface area contributed by atoms with Gasteiger partial charge in [-0.25, -0.2) is 0 Å². The van der Waals surface area contributed by atoms with Crippen LogP contribution in [0.5, 0.6) is 5.75 Å². The van der Waals surface area contributed by atoms with Crippen molar-refractivity contribution in [3.8, 4) is 5.75 Å². The number of carbonyl (C=O) groups excluding carboxylic acids is 1. The molecule has 0 heterocycles. The van der Waals surface area contributed by atoms with Gasteiger partial charge in [-0.1, -0.05) is 31.5 Å². The molecular weight excluding hydrogens is 270 g/mol. The monoisotopic (exact) mass is 293 g/mol. The molecule has 5 nitrogen and oxygen atoms in total. The molecule has 0 saturated heterocycles. The van der Waals surface area contributed by atoms with Gasteiger partial charge in [-0.05, 0) is 25.8 Å². The summed E-state index contributed by atoms with van der Waals surface area (Å²) in [4.78, 5) is 22.6. The molecule has 0 bridgehead atoms. The molecule has 0 radical (unpaired) electrons. The van der Waals surface area contributed by atoms with E-state index in [-0.39, 0.29) is 30.0 Å². The molecule has 116 valence electrons. The minimum atomic E-state index is -0.786. The molecule has 1 rings (SSSR count). The van der Waals surface area contributed by atoms with Crippen LogP contribution in [0, 0.1) is 5.92 Å². The van der Waals surface area contributed by atoms with Crippen LogP contribution in [0.4, 0.5) is 0 Å². The number of benzene rings is 1. The number of carboxylic acid groups (broad SMARTS) is 1. The maximum atomic E-state index is 11.9. The van der Waals surface area contributed by atoms with Crippen LogP contribution in [0.25, 0.3) is 0 Å². The lowest BCUT2D eigenvalue weighted by Gasteiger charge is -2.15. The molecule has 0 saturated carbocycles. The Bertz CT molecular complexity index is 487. The van der Waals surface area contributed by atoms with E-state index in [0.717, 1.165) is 12.8 Å². The number of hydrogen-bond acceptors (Lipinski definition) is 3. The fraction of sp³-hybridized carbons (Fsp3) is 0.500. The van der Waals surface area contributed by atoms with Crippen LogP contribution >= 0.6 is 0 Å². The average Bonchev–Trinajstić information content (AvgIpc) is 2.41. The molecule has 1 aromatic rings. The topological polar surface area (TPSA) is 86.6 Å². The summed E-state index contributed by atoms with van der Waals surface area (Å²) in [5.41, 5.74) is 0.599. The van der Waals surface area contributed by atoms with E-state index in [9.17, 15) is 14.7 Å². The maximum absolute atomic E-state index is 11.9. The summed E-state index contributed by atoms with van der Waals surface area (Å²) in [7, 11) is 0. The third kappa shape index (κ3) is 6.29. The van der Waals surface area contributed by atoms with E-state index in [1.54, 1.807) is 31.2 Å². The van der Waals surface area contributed by atoms with Crippen LogP contribution in [0.2, 0.25) is 0 Å². The SMILES string of the molecule is CC(CCCC(C)C(=O)O)NC(=O)Cc1ccccc1O. The highest BCUT2D eigenvalue weighted by Crippen LogP contribution is 2.16. The summed E-state index contributed by atoms with van der Waals surface area (Å²) >= 11 is 0. The van der Waals surface area contributed by atoms with Crippen molar-refractivity contribution in [2.75, 3.05) is 0 Å². The van der Waals surface area contributed by atoms with Crippen LogP contribution in [-0.2, 0) is 16.0 Å². The molecule has 1 amide bonds. The van der Waals surface area contributed by atoms with E-state index in [1.807, 2.05) is 6.92 Å². The second-order valence-electron chi connectivity index (χ2n) is 5.44. The predicted octanol–water partition coefficient (Wildman–Crippen LogP) is 2.33. The molecule has 21 heavy (non-hydrogen) atoms. The van der Waals surface area contributed by atoms with Gasteiger partial charge in [-0.3, -0.25) is 9.59 Å². The number of carboxylic acids is 1. The van der Waals surface area contributed by atoms with Crippen LogP contribution in [0.3, 0.4) is 0 Å². The number of para-hydroxylation sites is 1. The van der Waals surface area contributed by atoms with Gasteiger partial charge in [0.2, 0.25) is 5.91 Å². The number of hydrogen-bond donors (Lipinski definition) is 3. The second-order valence-corrected chi connectivity index (χ2v) is 5.44. The van der Waals surface area contributed by atoms with Gasteiger partial charge < -0.3 is 15.5 Å². The number of phenolic OH excluding ortho intramolecular Hbond substituents is 1. The van der Waals surface area contributed by atoms with E-state index >= 15 is 0 Å². The van der Waals surface area contributed by atoms with Crippen molar-refractivity contribution in [2.45, 2.75) is 45.6 Å². The number of nitrogens with one attached hydrogen (secondary N) is 1. The number of phenols is 1. The summed E-state index contributed by atoms with van der Waals surface area (Å²) in [6, 6.07) is 6.75. The van der Waals surface area contributed by atoms with Crippen molar-refractivity contribution in [3.05, 3.63) is 29.8 Å². The normalized spacial score (nSPS) is 13.4. The Morgan fingerprint density at radius 2 is 1.86 bits per heavy atom. The van der Waals surface area contributed by atoms with Gasteiger partial charge in [0.15, 0.2) is 0 Å². The first-order chi connectivity index (χ1) is 9.90. The second kappa shape index (κ2) is 8.29. The van der Waals surface area contributed by atoms with Crippen LogP contribution in [0.1, 0.15) is 38.7 Å². The fourth-order valence-electron chi connectivity index (χ4n) is 2.09. The van der Waals surface area contributed by atoms with E-state index < -0.39 is 5.97 Å². The first-order valence-electron chi connectivity index (χ1n) is 7.19. The number of aliphatic carboxylic acids is 1. The van der Waals surface area contributed by atoms with Crippen molar-refractivity contribution >= 4 is 11.9 Å². The molecule has 0 aromatic heterocycles. The Labute approximate surface area is 125 Å². The molecule has 1 aromatic carbocycles. The number of carbonyl (C=O) groups is 2. The quantitative estimate of drug-likeness (QED) is 0.686. The van der Waals surface area contributed by atoms with E-state index in [2.05, 4.69) is 5.32 Å². The Morgan fingerprint density at radius 3 is 2.48 bits per heavy atom. The zero-order valence-electron chi connectivity index (χ0n) is 12.5. The molecule has 0 aliphatic rings. The third-order valence-electron chi connectivity index (χ3n) is 3.45. The van der Waals surface area contributed by atoms with Crippen LogP contribution in [0.15, 0.2) is 24.3 Å².